The van der Waals surface area contributed by atoms with Crippen LogP contribution < -0.4 is 14.4 Å². The first-order valence-electron chi connectivity index (χ1n) is 16.4. The highest BCUT2D eigenvalue weighted by Crippen LogP contribution is 2.68. The lowest BCUT2D eigenvalue weighted by atomic mass is 9.72. The van der Waals surface area contributed by atoms with Crippen molar-refractivity contribution in [2.24, 2.45) is 11.3 Å². The number of carbonyl (C=O) groups excluding carboxylic acids is 2. The van der Waals surface area contributed by atoms with E-state index in [2.05, 4.69) is 21.8 Å². The van der Waals surface area contributed by atoms with E-state index in [1.54, 1.807) is 24.1 Å². The molecule has 2 amide bonds. The summed E-state index contributed by atoms with van der Waals surface area (Å²) < 4.78 is 62.0. The van der Waals surface area contributed by atoms with Gasteiger partial charge in [-0.25, -0.2) is 13.5 Å². The average Bonchev–Trinajstić information content (AvgIpc) is 3.70. The number of piperidine rings is 1. The molecule has 7 rings (SSSR count). The number of methoxy groups -OCH3 is 1. The number of amides is 2. The molecular formula is C34H42F2N4O5S. The van der Waals surface area contributed by atoms with Crippen molar-refractivity contribution >= 4 is 27.7 Å². The van der Waals surface area contributed by atoms with Gasteiger partial charge in [0.25, 0.3) is 11.8 Å². The Hall–Kier alpha value is -3.25. The first-order chi connectivity index (χ1) is 21.8. The second-order valence-electron chi connectivity index (χ2n) is 14.0. The first-order valence-corrected chi connectivity index (χ1v) is 17.8. The molecule has 3 aliphatic heterocycles. The third kappa shape index (κ3) is 5.16. The molecule has 5 aliphatic rings. The van der Waals surface area contributed by atoms with Gasteiger partial charge in [-0.3, -0.25) is 9.59 Å². The molecule has 1 N–H and O–H groups in total. The highest BCUT2D eigenvalue weighted by atomic mass is 32.2. The fourth-order valence-electron chi connectivity index (χ4n) is 8.64. The van der Waals surface area contributed by atoms with Crippen LogP contribution in [0.1, 0.15) is 96.3 Å². The van der Waals surface area contributed by atoms with Crippen LogP contribution in [0.25, 0.3) is 0 Å². The topological polar surface area (TPSA) is 99.3 Å². The van der Waals surface area contributed by atoms with Gasteiger partial charge in [-0.1, -0.05) is 31.4 Å². The van der Waals surface area contributed by atoms with Gasteiger partial charge in [-0.15, -0.1) is 0 Å². The van der Waals surface area contributed by atoms with E-state index in [1.165, 1.54) is 20.5 Å². The van der Waals surface area contributed by atoms with Crippen molar-refractivity contribution in [3.63, 3.8) is 0 Å². The number of fused-ring (bicyclic) bond motifs is 7. The minimum Gasteiger partial charge on any atom is -0.497 e. The smallest absolute Gasteiger partial charge is 0.303 e. The quantitative estimate of drug-likeness (QED) is 0.459. The summed E-state index contributed by atoms with van der Waals surface area (Å²) in [4.78, 5) is 31.6. The van der Waals surface area contributed by atoms with Gasteiger partial charge in [0.2, 0.25) is 5.91 Å². The van der Waals surface area contributed by atoms with Crippen LogP contribution in [-0.4, -0.2) is 76.2 Å². The lowest BCUT2D eigenvalue weighted by Gasteiger charge is -2.38. The van der Waals surface area contributed by atoms with E-state index < -0.39 is 27.5 Å². The van der Waals surface area contributed by atoms with Gasteiger partial charge in [0.05, 0.1) is 18.6 Å². The molecule has 248 valence electrons. The molecule has 0 bridgehead atoms. The summed E-state index contributed by atoms with van der Waals surface area (Å²) >= 11 is 0. The second kappa shape index (κ2) is 11.2. The number of rotatable bonds is 6. The first kappa shape index (κ1) is 31.4. The highest BCUT2D eigenvalue weighted by Gasteiger charge is 2.66. The molecular weight excluding hydrogens is 614 g/mol. The van der Waals surface area contributed by atoms with Gasteiger partial charge in [-0.05, 0) is 66.1 Å². The van der Waals surface area contributed by atoms with Gasteiger partial charge >= 0.3 is 10.2 Å². The summed E-state index contributed by atoms with van der Waals surface area (Å²) in [7, 11) is 0.335. The Morgan fingerprint density at radius 3 is 2.35 bits per heavy atom. The maximum absolute atomic E-state index is 14.4. The molecule has 0 aromatic heterocycles. The summed E-state index contributed by atoms with van der Waals surface area (Å²) in [5.41, 5.74) is 3.57. The summed E-state index contributed by atoms with van der Waals surface area (Å²) in [6.07, 6.45) is 5.59. The number of likely N-dealkylation sites (tertiary alicyclic amines) is 1. The zero-order valence-corrected chi connectivity index (χ0v) is 27.4. The normalized spacial score (nSPS) is 28.4. The minimum absolute atomic E-state index is 0.0284. The van der Waals surface area contributed by atoms with Crippen molar-refractivity contribution in [2.45, 2.75) is 75.2 Å². The Kier molecular flexibility index (Phi) is 7.62. The summed E-state index contributed by atoms with van der Waals surface area (Å²) in [5.74, 6) is -2.42. The molecule has 46 heavy (non-hydrogen) atoms. The maximum atomic E-state index is 14.4. The van der Waals surface area contributed by atoms with E-state index >= 15 is 0 Å². The average molecular weight is 657 g/mol. The number of benzene rings is 2. The number of hydrogen-bond acceptors (Lipinski definition) is 6. The van der Waals surface area contributed by atoms with Crippen molar-refractivity contribution in [3.05, 3.63) is 58.7 Å². The van der Waals surface area contributed by atoms with Gasteiger partial charge in [0.1, 0.15) is 5.75 Å². The van der Waals surface area contributed by atoms with E-state index in [4.69, 9.17) is 4.74 Å². The van der Waals surface area contributed by atoms with Gasteiger partial charge in [0.15, 0.2) is 0 Å². The number of carbonyl (C=O) groups is 2. The molecule has 2 aromatic carbocycles. The van der Waals surface area contributed by atoms with Crippen LogP contribution >= 0.6 is 0 Å². The Morgan fingerprint density at radius 1 is 0.978 bits per heavy atom. The number of ether oxygens (including phenoxy) is 1. The van der Waals surface area contributed by atoms with Gasteiger partial charge < -0.3 is 14.5 Å². The highest BCUT2D eigenvalue weighted by molar-refractivity contribution is 7.87. The van der Waals surface area contributed by atoms with Crippen LogP contribution in [0.2, 0.25) is 0 Å². The van der Waals surface area contributed by atoms with Crippen molar-refractivity contribution in [1.82, 2.24) is 13.9 Å². The van der Waals surface area contributed by atoms with Crippen LogP contribution in [0.3, 0.4) is 0 Å². The molecule has 3 heterocycles. The largest absolute Gasteiger partial charge is 0.497 e. The minimum atomic E-state index is -4.00. The fourth-order valence-corrected chi connectivity index (χ4v) is 9.18. The zero-order valence-electron chi connectivity index (χ0n) is 26.6. The third-order valence-electron chi connectivity index (χ3n) is 11.2. The van der Waals surface area contributed by atoms with E-state index in [0.29, 0.717) is 24.6 Å². The van der Waals surface area contributed by atoms with Crippen LogP contribution in [0, 0.1) is 11.3 Å². The monoisotopic (exact) mass is 656 g/mol. The molecule has 0 radical (unpaired) electrons. The SMILES string of the molecule is COc1ccc2c(c1)C1CC1(C(=O)N1CCC(F)(F)CC1)CN1c3cc(C(=O)NS(=O)(=O)N(C)C)ccc3C(C3CCCCC3)C21. The van der Waals surface area contributed by atoms with Crippen molar-refractivity contribution in [1.29, 1.82) is 0 Å². The standard InChI is InChI=1S/C34H42F2N4O5S/c1-38(2)46(43,44)37-31(41)22-9-11-25-28(17-22)40-20-33(32(42)39-15-13-34(35,36)14-16-39)19-27(33)26-18-23(45-3)10-12-24(26)30(40)29(25)21-7-5-4-6-8-21/h9-12,17-18,21,27,29-30H,4-8,13-16,19-20H2,1-3H3,(H,37,41). The number of nitrogens with one attached hydrogen (secondary N) is 1. The third-order valence-corrected chi connectivity index (χ3v) is 12.6. The van der Waals surface area contributed by atoms with Crippen molar-refractivity contribution < 1.29 is 31.5 Å². The van der Waals surface area contributed by atoms with E-state index in [1.807, 2.05) is 12.1 Å². The summed E-state index contributed by atoms with van der Waals surface area (Å²) in [6, 6.07) is 11.5. The number of nitrogens with zero attached hydrogens (tertiary/aromatic N) is 3. The van der Waals surface area contributed by atoms with Crippen LogP contribution in [-0.2, 0) is 15.0 Å². The molecule has 9 nitrogen and oxygen atoms in total. The molecule has 4 unspecified atom stereocenters. The van der Waals surface area contributed by atoms with Gasteiger partial charge in [0, 0.05) is 69.7 Å². The Bertz CT molecular complexity index is 1670. The van der Waals surface area contributed by atoms with Crippen molar-refractivity contribution in [3.8, 4) is 5.75 Å². The predicted octanol–water partition coefficient (Wildman–Crippen LogP) is 5.20. The molecule has 4 atom stereocenters. The zero-order chi connectivity index (χ0) is 32.6. The maximum Gasteiger partial charge on any atom is 0.303 e. The molecule has 2 aliphatic carbocycles. The Balaban J connectivity index is 1.34. The fraction of sp³-hybridized carbons (Fsp3) is 0.588. The summed E-state index contributed by atoms with van der Waals surface area (Å²) in [5, 5.41) is 0. The molecule has 0 spiro atoms. The lowest BCUT2D eigenvalue weighted by molar-refractivity contribution is -0.143. The molecule has 12 heteroatoms. The van der Waals surface area contributed by atoms with Crippen LogP contribution in [0.15, 0.2) is 36.4 Å². The molecule has 1 saturated heterocycles. The van der Waals surface area contributed by atoms with E-state index in [-0.39, 0.29) is 55.3 Å². The van der Waals surface area contributed by atoms with Crippen LogP contribution in [0.4, 0.5) is 14.5 Å². The number of alkyl halides is 2. The molecule has 3 fully saturated rings. The number of hydrogen-bond donors (Lipinski definition) is 1. The predicted molar refractivity (Wildman–Crippen MR) is 169 cm³/mol. The number of halogens is 2. The van der Waals surface area contributed by atoms with E-state index in [0.717, 1.165) is 52.4 Å². The Morgan fingerprint density at radius 2 is 1.67 bits per heavy atom. The van der Waals surface area contributed by atoms with Crippen molar-refractivity contribution in [2.75, 3.05) is 45.7 Å². The lowest BCUT2D eigenvalue weighted by Crippen LogP contribution is -2.48. The molecule has 2 saturated carbocycles. The Labute approximate surface area is 269 Å². The van der Waals surface area contributed by atoms with E-state index in [9.17, 15) is 26.8 Å². The summed E-state index contributed by atoms with van der Waals surface area (Å²) in [6.45, 7) is 0.448. The second-order valence-corrected chi connectivity index (χ2v) is 15.9. The molecule has 2 aromatic rings. The van der Waals surface area contributed by atoms with Gasteiger partial charge in [-0.2, -0.15) is 12.7 Å². The number of anilines is 1. The van der Waals surface area contributed by atoms with Crippen LogP contribution in [0.5, 0.6) is 5.75 Å².